The Hall–Kier alpha value is -1.67. The second kappa shape index (κ2) is 6.48. The third kappa shape index (κ3) is 3.65. The molecule has 0 spiro atoms. The van der Waals surface area contributed by atoms with E-state index in [4.69, 9.17) is 0 Å². The molecule has 2 rings (SSSR count). The van der Waals surface area contributed by atoms with Crippen molar-refractivity contribution in [2.24, 2.45) is 0 Å². The lowest BCUT2D eigenvalue weighted by Crippen LogP contribution is -2.13. The number of hydrogen-bond donors (Lipinski definition) is 1. The zero-order chi connectivity index (χ0) is 13.7. The molecule has 0 aliphatic heterocycles. The van der Waals surface area contributed by atoms with Gasteiger partial charge in [-0.05, 0) is 54.3 Å². The number of benzene rings is 2. The van der Waals surface area contributed by atoms with Crippen molar-refractivity contribution in [1.29, 1.82) is 0 Å². The molecule has 0 aromatic heterocycles. The van der Waals surface area contributed by atoms with Crippen molar-refractivity contribution in [1.82, 2.24) is 5.32 Å². The van der Waals surface area contributed by atoms with Crippen molar-refractivity contribution in [3.05, 3.63) is 59.4 Å². The molecule has 0 unspecified atom stereocenters. The molecular weight excluding hydrogens is 237 g/mol. The molecule has 0 radical (unpaired) electrons. The summed E-state index contributed by atoms with van der Waals surface area (Å²) in [6.45, 7) is 5.89. The first-order valence-corrected chi connectivity index (χ1v) is 6.77. The van der Waals surface area contributed by atoms with Gasteiger partial charge >= 0.3 is 0 Å². The molecule has 19 heavy (non-hydrogen) atoms. The van der Waals surface area contributed by atoms with Gasteiger partial charge in [0.25, 0.3) is 0 Å². The van der Waals surface area contributed by atoms with Gasteiger partial charge in [0, 0.05) is 6.54 Å². The van der Waals surface area contributed by atoms with Crippen molar-refractivity contribution in [2.75, 3.05) is 6.54 Å². The molecule has 100 valence electrons. The molecule has 2 aromatic carbocycles. The van der Waals surface area contributed by atoms with Crippen LogP contribution in [0.4, 0.5) is 4.39 Å². The van der Waals surface area contributed by atoms with E-state index in [9.17, 15) is 4.39 Å². The maximum atomic E-state index is 13.2. The molecule has 0 heterocycles. The van der Waals surface area contributed by atoms with E-state index < -0.39 is 0 Å². The third-order valence-corrected chi connectivity index (χ3v) is 3.20. The minimum Gasteiger partial charge on any atom is -0.313 e. The minimum atomic E-state index is -0.149. The Labute approximate surface area is 114 Å². The summed E-state index contributed by atoms with van der Waals surface area (Å²) in [5, 5.41) is 3.38. The van der Waals surface area contributed by atoms with Crippen molar-refractivity contribution in [3.8, 4) is 11.1 Å². The summed E-state index contributed by atoms with van der Waals surface area (Å²) in [6.07, 6.45) is 1.15. The summed E-state index contributed by atoms with van der Waals surface area (Å²) < 4.78 is 13.2. The van der Waals surface area contributed by atoms with E-state index in [0.29, 0.717) is 5.56 Å². The van der Waals surface area contributed by atoms with E-state index in [0.717, 1.165) is 30.6 Å². The van der Waals surface area contributed by atoms with Gasteiger partial charge in [-0.25, -0.2) is 4.39 Å². The van der Waals surface area contributed by atoms with Crippen LogP contribution in [-0.2, 0) is 6.54 Å². The molecular formula is C17H20FN. The SMILES string of the molecule is CCCNCc1ccc(-c2ccc(F)c(C)c2)cc1. The van der Waals surface area contributed by atoms with Crippen LogP contribution in [0.1, 0.15) is 24.5 Å². The zero-order valence-corrected chi connectivity index (χ0v) is 11.5. The van der Waals surface area contributed by atoms with Crippen LogP contribution in [0.15, 0.2) is 42.5 Å². The van der Waals surface area contributed by atoms with E-state index in [1.54, 1.807) is 6.92 Å². The van der Waals surface area contributed by atoms with Crippen molar-refractivity contribution in [3.63, 3.8) is 0 Å². The number of nitrogens with one attached hydrogen (secondary N) is 1. The standard InChI is InChI=1S/C17H20FN/c1-3-10-19-12-14-4-6-15(7-5-14)16-8-9-17(18)13(2)11-16/h4-9,11,19H,3,10,12H2,1-2H3. The van der Waals surface area contributed by atoms with Crippen LogP contribution in [0.3, 0.4) is 0 Å². The first-order valence-electron chi connectivity index (χ1n) is 6.77. The smallest absolute Gasteiger partial charge is 0.126 e. The van der Waals surface area contributed by atoms with E-state index in [1.807, 2.05) is 12.1 Å². The van der Waals surface area contributed by atoms with Crippen LogP contribution in [0.25, 0.3) is 11.1 Å². The molecule has 1 N–H and O–H groups in total. The predicted molar refractivity (Wildman–Crippen MR) is 78.6 cm³/mol. The van der Waals surface area contributed by atoms with Crippen molar-refractivity contribution >= 4 is 0 Å². The van der Waals surface area contributed by atoms with E-state index in [-0.39, 0.29) is 5.82 Å². The largest absolute Gasteiger partial charge is 0.313 e. The monoisotopic (exact) mass is 257 g/mol. The van der Waals surface area contributed by atoms with Crippen LogP contribution in [0.2, 0.25) is 0 Å². The van der Waals surface area contributed by atoms with Gasteiger partial charge in [-0.1, -0.05) is 37.3 Å². The lowest BCUT2D eigenvalue weighted by atomic mass is 10.0. The molecule has 0 aliphatic carbocycles. The molecule has 2 aromatic rings. The highest BCUT2D eigenvalue weighted by atomic mass is 19.1. The fourth-order valence-corrected chi connectivity index (χ4v) is 2.05. The number of hydrogen-bond acceptors (Lipinski definition) is 1. The molecule has 2 heteroatoms. The predicted octanol–water partition coefficient (Wildman–Crippen LogP) is 4.30. The minimum absolute atomic E-state index is 0.149. The Kier molecular flexibility index (Phi) is 4.69. The quantitative estimate of drug-likeness (QED) is 0.787. The highest BCUT2D eigenvalue weighted by Gasteiger charge is 2.02. The molecule has 0 aliphatic rings. The maximum Gasteiger partial charge on any atom is 0.126 e. The average Bonchev–Trinajstić information content (AvgIpc) is 2.43. The Morgan fingerprint density at radius 1 is 1.00 bits per heavy atom. The molecule has 0 bridgehead atoms. The summed E-state index contributed by atoms with van der Waals surface area (Å²) >= 11 is 0. The summed E-state index contributed by atoms with van der Waals surface area (Å²) in [7, 11) is 0. The normalized spacial score (nSPS) is 10.7. The molecule has 0 fully saturated rings. The molecule has 0 saturated carbocycles. The van der Waals surface area contributed by atoms with Gasteiger partial charge in [0.2, 0.25) is 0 Å². The third-order valence-electron chi connectivity index (χ3n) is 3.20. The summed E-state index contributed by atoms with van der Waals surface area (Å²) in [5.41, 5.74) is 4.15. The van der Waals surface area contributed by atoms with Gasteiger partial charge < -0.3 is 5.32 Å². The Morgan fingerprint density at radius 2 is 1.68 bits per heavy atom. The molecule has 1 nitrogen and oxygen atoms in total. The van der Waals surface area contributed by atoms with Crippen molar-refractivity contribution in [2.45, 2.75) is 26.8 Å². The van der Waals surface area contributed by atoms with Gasteiger partial charge in [-0.15, -0.1) is 0 Å². The molecule has 0 atom stereocenters. The van der Waals surface area contributed by atoms with Gasteiger partial charge in [0.1, 0.15) is 5.82 Å². The Bertz CT molecular complexity index is 531. The van der Waals surface area contributed by atoms with Crippen LogP contribution in [-0.4, -0.2) is 6.54 Å². The summed E-state index contributed by atoms with van der Waals surface area (Å²) in [4.78, 5) is 0. The lowest BCUT2D eigenvalue weighted by Gasteiger charge is -2.07. The van der Waals surface area contributed by atoms with Crippen LogP contribution in [0.5, 0.6) is 0 Å². The average molecular weight is 257 g/mol. The first kappa shape index (κ1) is 13.8. The van der Waals surface area contributed by atoms with Gasteiger partial charge in [0.05, 0.1) is 0 Å². The second-order valence-corrected chi connectivity index (χ2v) is 4.84. The Balaban J connectivity index is 2.11. The van der Waals surface area contributed by atoms with E-state index in [2.05, 4.69) is 36.5 Å². The molecule has 0 amide bonds. The van der Waals surface area contributed by atoms with Gasteiger partial charge in [-0.2, -0.15) is 0 Å². The zero-order valence-electron chi connectivity index (χ0n) is 11.5. The van der Waals surface area contributed by atoms with Crippen LogP contribution < -0.4 is 5.32 Å². The highest BCUT2D eigenvalue weighted by Crippen LogP contribution is 2.22. The number of aryl methyl sites for hydroxylation is 1. The highest BCUT2D eigenvalue weighted by molar-refractivity contribution is 5.64. The van der Waals surface area contributed by atoms with Gasteiger partial charge in [0.15, 0.2) is 0 Å². The number of rotatable bonds is 5. The van der Waals surface area contributed by atoms with Crippen LogP contribution >= 0.6 is 0 Å². The fraction of sp³-hybridized carbons (Fsp3) is 0.294. The fourth-order valence-electron chi connectivity index (χ4n) is 2.05. The summed E-state index contributed by atoms with van der Waals surface area (Å²) in [6, 6.07) is 13.7. The molecule has 0 saturated heterocycles. The first-order chi connectivity index (χ1) is 9.20. The summed E-state index contributed by atoms with van der Waals surface area (Å²) in [5.74, 6) is -0.149. The topological polar surface area (TPSA) is 12.0 Å². The van der Waals surface area contributed by atoms with Crippen molar-refractivity contribution < 1.29 is 4.39 Å². The second-order valence-electron chi connectivity index (χ2n) is 4.84. The van der Waals surface area contributed by atoms with Gasteiger partial charge in [-0.3, -0.25) is 0 Å². The van der Waals surface area contributed by atoms with E-state index in [1.165, 1.54) is 11.6 Å². The van der Waals surface area contributed by atoms with Crippen LogP contribution in [0, 0.1) is 12.7 Å². The van der Waals surface area contributed by atoms with E-state index >= 15 is 0 Å². The Morgan fingerprint density at radius 3 is 2.32 bits per heavy atom. The maximum absolute atomic E-state index is 13.2. The number of halogens is 1. The lowest BCUT2D eigenvalue weighted by molar-refractivity contribution is 0.619.